The van der Waals surface area contributed by atoms with E-state index in [1.165, 1.54) is 4.90 Å². The molecule has 0 aliphatic carbocycles. The topological polar surface area (TPSA) is 61.4 Å². The van der Waals surface area contributed by atoms with Crippen molar-refractivity contribution in [2.75, 3.05) is 25.0 Å². The normalized spacial score (nSPS) is 15.2. The van der Waals surface area contributed by atoms with Gasteiger partial charge in [-0.1, -0.05) is 0 Å². The lowest BCUT2D eigenvalue weighted by molar-refractivity contribution is -0.123. The molecule has 0 radical (unpaired) electrons. The molecule has 0 atom stereocenters. The molecule has 2 rings (SSSR count). The van der Waals surface area contributed by atoms with Crippen LogP contribution in [0.25, 0.3) is 0 Å². The van der Waals surface area contributed by atoms with Gasteiger partial charge in [-0.05, 0) is 12.1 Å². The van der Waals surface area contributed by atoms with Crippen molar-refractivity contribution in [1.82, 2.24) is 10.2 Å². The summed E-state index contributed by atoms with van der Waals surface area (Å²) in [6.45, 7) is 0.632. The molecule has 96 valence electrons. The van der Waals surface area contributed by atoms with Crippen LogP contribution >= 0.6 is 0 Å². The summed E-state index contributed by atoms with van der Waals surface area (Å²) in [5.74, 6) is -1.84. The quantitative estimate of drug-likeness (QED) is 0.784. The van der Waals surface area contributed by atoms with E-state index in [-0.39, 0.29) is 18.1 Å². The summed E-state index contributed by atoms with van der Waals surface area (Å²) in [5.41, 5.74) is -0.118. The zero-order valence-electron chi connectivity index (χ0n) is 9.37. The van der Waals surface area contributed by atoms with E-state index in [2.05, 4.69) is 10.6 Å². The van der Waals surface area contributed by atoms with Crippen LogP contribution in [-0.2, 0) is 4.79 Å². The van der Waals surface area contributed by atoms with Gasteiger partial charge in [0.05, 0.1) is 5.69 Å². The van der Waals surface area contributed by atoms with E-state index in [0.717, 1.165) is 12.1 Å². The van der Waals surface area contributed by atoms with Crippen LogP contribution in [0.15, 0.2) is 18.2 Å². The van der Waals surface area contributed by atoms with Gasteiger partial charge in [-0.25, -0.2) is 13.6 Å². The zero-order valence-corrected chi connectivity index (χ0v) is 9.37. The minimum absolute atomic E-state index is 0.0748. The highest BCUT2D eigenvalue weighted by molar-refractivity contribution is 5.93. The zero-order chi connectivity index (χ0) is 13.1. The minimum atomic E-state index is -0.857. The molecule has 1 saturated heterocycles. The molecule has 7 heteroatoms. The van der Waals surface area contributed by atoms with Gasteiger partial charge in [-0.3, -0.25) is 4.79 Å². The van der Waals surface area contributed by atoms with E-state index < -0.39 is 17.7 Å². The first-order chi connectivity index (χ1) is 8.56. The number of rotatable bonds is 1. The largest absolute Gasteiger partial charge is 0.353 e. The summed E-state index contributed by atoms with van der Waals surface area (Å²) in [6, 6.07) is 2.27. The molecular formula is C11H11F2N3O2. The molecule has 1 aliphatic heterocycles. The maximum absolute atomic E-state index is 13.3. The van der Waals surface area contributed by atoms with Crippen molar-refractivity contribution < 1.29 is 18.4 Å². The molecule has 1 aromatic rings. The number of anilines is 1. The lowest BCUT2D eigenvalue weighted by Crippen LogP contribution is -2.51. The van der Waals surface area contributed by atoms with Crippen LogP contribution < -0.4 is 10.6 Å². The first-order valence-corrected chi connectivity index (χ1v) is 5.34. The van der Waals surface area contributed by atoms with Gasteiger partial charge in [0.2, 0.25) is 5.91 Å². The van der Waals surface area contributed by atoms with Crippen LogP contribution in [0.1, 0.15) is 0 Å². The predicted octanol–water partition coefficient (Wildman–Crippen LogP) is 0.929. The second-order valence-corrected chi connectivity index (χ2v) is 3.83. The maximum Gasteiger partial charge on any atom is 0.322 e. The summed E-state index contributed by atoms with van der Waals surface area (Å²) in [7, 11) is 0. The van der Waals surface area contributed by atoms with Crippen molar-refractivity contribution >= 4 is 17.6 Å². The van der Waals surface area contributed by atoms with Gasteiger partial charge in [0.25, 0.3) is 0 Å². The molecule has 5 nitrogen and oxygen atoms in total. The Labute approximate surface area is 102 Å². The summed E-state index contributed by atoms with van der Waals surface area (Å²) in [4.78, 5) is 24.1. The van der Waals surface area contributed by atoms with E-state index >= 15 is 0 Å². The first kappa shape index (κ1) is 12.3. The van der Waals surface area contributed by atoms with Gasteiger partial charge in [0, 0.05) is 19.2 Å². The second kappa shape index (κ2) is 4.99. The fourth-order valence-corrected chi connectivity index (χ4v) is 1.60. The summed E-state index contributed by atoms with van der Waals surface area (Å²) in [6.07, 6.45) is 0. The Balaban J connectivity index is 2.04. The second-order valence-electron chi connectivity index (χ2n) is 3.83. The molecular weight excluding hydrogens is 244 g/mol. The monoisotopic (exact) mass is 255 g/mol. The van der Waals surface area contributed by atoms with Crippen molar-refractivity contribution in [3.8, 4) is 0 Å². The Morgan fingerprint density at radius 2 is 2.17 bits per heavy atom. The van der Waals surface area contributed by atoms with Crippen LogP contribution in [0.5, 0.6) is 0 Å². The van der Waals surface area contributed by atoms with Gasteiger partial charge in [0.15, 0.2) is 0 Å². The van der Waals surface area contributed by atoms with E-state index in [1.54, 1.807) is 0 Å². The van der Waals surface area contributed by atoms with Crippen molar-refractivity contribution in [3.63, 3.8) is 0 Å². The van der Waals surface area contributed by atoms with E-state index in [4.69, 9.17) is 0 Å². The Morgan fingerprint density at radius 3 is 2.83 bits per heavy atom. The van der Waals surface area contributed by atoms with Crippen LogP contribution in [0.2, 0.25) is 0 Å². The molecule has 1 aliphatic rings. The van der Waals surface area contributed by atoms with Gasteiger partial charge in [-0.2, -0.15) is 0 Å². The average Bonchev–Trinajstić information content (AvgIpc) is 2.32. The maximum atomic E-state index is 13.3. The molecule has 0 spiro atoms. The third kappa shape index (κ3) is 2.73. The Kier molecular flexibility index (Phi) is 3.40. The number of amides is 3. The number of hydrogen-bond donors (Lipinski definition) is 2. The molecule has 3 amide bonds. The van der Waals surface area contributed by atoms with Crippen molar-refractivity contribution in [3.05, 3.63) is 29.8 Å². The molecule has 0 bridgehead atoms. The van der Waals surface area contributed by atoms with E-state index in [0.29, 0.717) is 19.2 Å². The molecule has 18 heavy (non-hydrogen) atoms. The molecule has 0 aromatic heterocycles. The third-order valence-electron chi connectivity index (χ3n) is 2.50. The fraction of sp³-hybridized carbons (Fsp3) is 0.273. The van der Waals surface area contributed by atoms with Crippen LogP contribution in [0, 0.1) is 11.6 Å². The number of carbonyl (C=O) groups excluding carboxylic acids is 2. The van der Waals surface area contributed by atoms with E-state index in [9.17, 15) is 18.4 Å². The number of nitrogens with one attached hydrogen (secondary N) is 2. The summed E-state index contributed by atoms with van der Waals surface area (Å²) >= 11 is 0. The minimum Gasteiger partial charge on any atom is -0.353 e. The van der Waals surface area contributed by atoms with E-state index in [1.807, 2.05) is 0 Å². The smallest absolute Gasteiger partial charge is 0.322 e. The Morgan fingerprint density at radius 1 is 1.39 bits per heavy atom. The highest BCUT2D eigenvalue weighted by atomic mass is 19.1. The summed E-state index contributed by atoms with van der Waals surface area (Å²) in [5, 5.41) is 4.86. The van der Waals surface area contributed by atoms with Gasteiger partial charge >= 0.3 is 6.03 Å². The van der Waals surface area contributed by atoms with Gasteiger partial charge in [0.1, 0.15) is 18.2 Å². The number of urea groups is 1. The highest BCUT2D eigenvalue weighted by Gasteiger charge is 2.21. The van der Waals surface area contributed by atoms with Crippen LogP contribution in [0.3, 0.4) is 0 Å². The third-order valence-corrected chi connectivity index (χ3v) is 2.50. The van der Waals surface area contributed by atoms with Crippen molar-refractivity contribution in [1.29, 1.82) is 0 Å². The standard InChI is InChI=1S/C11H11F2N3O2/c12-7-1-2-9(8(13)5-7)15-11(18)16-4-3-14-10(17)6-16/h1-2,5H,3-4,6H2,(H,14,17)(H,15,18). The fourth-order valence-electron chi connectivity index (χ4n) is 1.60. The van der Waals surface area contributed by atoms with Crippen molar-refractivity contribution in [2.45, 2.75) is 0 Å². The lowest BCUT2D eigenvalue weighted by atomic mass is 10.3. The average molecular weight is 255 g/mol. The number of carbonyl (C=O) groups is 2. The molecule has 1 fully saturated rings. The SMILES string of the molecule is O=C1CN(C(=O)Nc2ccc(F)cc2F)CCN1. The highest BCUT2D eigenvalue weighted by Crippen LogP contribution is 2.15. The van der Waals surface area contributed by atoms with Gasteiger partial charge < -0.3 is 15.5 Å². The number of piperazine rings is 1. The molecule has 1 aromatic carbocycles. The molecule has 2 N–H and O–H groups in total. The molecule has 1 heterocycles. The number of hydrogen-bond acceptors (Lipinski definition) is 2. The number of benzene rings is 1. The number of halogens is 2. The summed E-state index contributed by atoms with van der Waals surface area (Å²) < 4.78 is 26.0. The van der Waals surface area contributed by atoms with Crippen molar-refractivity contribution in [2.24, 2.45) is 0 Å². The molecule has 0 unspecified atom stereocenters. The molecule has 0 saturated carbocycles. The van der Waals surface area contributed by atoms with Crippen LogP contribution in [0.4, 0.5) is 19.3 Å². The number of nitrogens with zero attached hydrogens (tertiary/aromatic N) is 1. The van der Waals surface area contributed by atoms with Crippen LogP contribution in [-0.4, -0.2) is 36.5 Å². The van der Waals surface area contributed by atoms with Gasteiger partial charge in [-0.15, -0.1) is 0 Å². The Bertz CT molecular complexity index is 493. The first-order valence-electron chi connectivity index (χ1n) is 5.34. The predicted molar refractivity (Wildman–Crippen MR) is 60.0 cm³/mol. The Hall–Kier alpha value is -2.18. The lowest BCUT2D eigenvalue weighted by Gasteiger charge is -2.26.